The van der Waals surface area contributed by atoms with Gasteiger partial charge in [-0.2, -0.15) is 0 Å². The molecule has 0 spiro atoms. The van der Waals surface area contributed by atoms with Crippen molar-refractivity contribution < 1.29 is 69.0 Å². The number of hydrogen-bond acceptors (Lipinski definition) is 15. The van der Waals surface area contributed by atoms with Gasteiger partial charge in [-0.1, -0.05) is 11.6 Å². The third-order valence-electron chi connectivity index (χ3n) is 8.40. The molecule has 2 aliphatic rings. The molecule has 10 atom stereocenters. The van der Waals surface area contributed by atoms with Crippen LogP contribution in [0.2, 0.25) is 0 Å². The van der Waals surface area contributed by atoms with E-state index in [-0.39, 0.29) is 34.5 Å². The van der Waals surface area contributed by atoms with Gasteiger partial charge < -0.3 is 69.0 Å². The van der Waals surface area contributed by atoms with Crippen LogP contribution in [0.4, 0.5) is 0 Å². The molecule has 0 saturated carbocycles. The first-order chi connectivity index (χ1) is 22.8. The van der Waals surface area contributed by atoms with E-state index in [0.717, 1.165) is 11.6 Å². The summed E-state index contributed by atoms with van der Waals surface area (Å²) >= 11 is 0. The smallest absolute Gasteiger partial charge is 0.239 e. The van der Waals surface area contributed by atoms with Crippen LogP contribution in [0.15, 0.2) is 51.2 Å². The summed E-state index contributed by atoms with van der Waals surface area (Å²) in [6.07, 6.45) is -14.0. The van der Waals surface area contributed by atoms with Crippen LogP contribution in [0.5, 0.6) is 23.0 Å². The fourth-order valence-corrected chi connectivity index (χ4v) is 5.65. The number of aliphatic hydroxyl groups excluding tert-OH is 6. The third-order valence-corrected chi connectivity index (χ3v) is 8.40. The molecule has 262 valence electrons. The van der Waals surface area contributed by atoms with E-state index >= 15 is 0 Å². The second-order valence-corrected chi connectivity index (χ2v) is 12.0. The van der Waals surface area contributed by atoms with Gasteiger partial charge >= 0.3 is 0 Å². The second-order valence-electron chi connectivity index (χ2n) is 12.0. The van der Waals surface area contributed by atoms with Gasteiger partial charge in [0.25, 0.3) is 0 Å². The second kappa shape index (κ2) is 14.4. The molecule has 2 aliphatic heterocycles. The zero-order valence-corrected chi connectivity index (χ0v) is 26.6. The van der Waals surface area contributed by atoms with Gasteiger partial charge in [0, 0.05) is 17.2 Å². The van der Waals surface area contributed by atoms with Crippen LogP contribution in [0.25, 0.3) is 22.3 Å². The molecule has 8 N–H and O–H groups in total. The number of aliphatic hydroxyl groups is 6. The monoisotopic (exact) mass is 676 g/mol. The molecule has 2 fully saturated rings. The lowest BCUT2D eigenvalue weighted by molar-refractivity contribution is -0.348. The standard InChI is InChI=1S/C33H40O15/c1-13(2)5-10-17-18(35)11-19(36)21-23(38)31(29(46-30(17)21)15-6-8-16(43-4)9-7-15)48-32-27(42)25(40)28(14(3)44-32)47-33-26(41)24(39)22(37)20(12-34)45-33/h5-9,11,14,20,22,24-28,32-37,39-42H,10,12H2,1-4H3/t14-,20+,22+,24-,25-,26+,27-,28-,32+,33-/m0/s1. The van der Waals surface area contributed by atoms with Crippen molar-refractivity contribution in [2.24, 2.45) is 0 Å². The highest BCUT2D eigenvalue weighted by atomic mass is 16.7. The minimum Gasteiger partial charge on any atom is -0.507 e. The Kier molecular flexibility index (Phi) is 10.6. The SMILES string of the molecule is COc1ccc(-c2oc3c(CC=C(C)C)c(O)cc(O)c3c(=O)c2O[C@H]2O[C@@H](C)[C@H](O[C@@H]3O[C@H](CO)[C@@H](O)[C@H](O)[C@H]3O)[C@@H](O)[C@@H]2O)cc1. The maximum absolute atomic E-state index is 14.1. The van der Waals surface area contributed by atoms with Crippen LogP contribution in [-0.2, 0) is 20.6 Å². The number of methoxy groups -OCH3 is 1. The summed E-state index contributed by atoms with van der Waals surface area (Å²) in [6.45, 7) is 4.44. The Balaban J connectivity index is 1.52. The van der Waals surface area contributed by atoms with Crippen molar-refractivity contribution >= 4 is 11.0 Å². The molecule has 0 amide bonds. The van der Waals surface area contributed by atoms with Crippen molar-refractivity contribution in [3.05, 3.63) is 57.8 Å². The van der Waals surface area contributed by atoms with Gasteiger partial charge in [-0.3, -0.25) is 4.79 Å². The van der Waals surface area contributed by atoms with E-state index in [1.54, 1.807) is 30.3 Å². The first kappa shape index (κ1) is 35.5. The van der Waals surface area contributed by atoms with E-state index in [1.807, 2.05) is 13.8 Å². The predicted octanol–water partition coefficient (Wildman–Crippen LogP) is 0.419. The van der Waals surface area contributed by atoms with E-state index in [1.165, 1.54) is 14.0 Å². The quantitative estimate of drug-likeness (QED) is 0.143. The molecule has 15 heteroatoms. The Hall–Kier alpha value is -3.77. The van der Waals surface area contributed by atoms with Crippen LogP contribution in [0, 0.1) is 0 Å². The molecular formula is C33H40O15. The summed E-state index contributed by atoms with van der Waals surface area (Å²) in [4.78, 5) is 14.1. The van der Waals surface area contributed by atoms with Crippen molar-refractivity contribution in [3.8, 4) is 34.3 Å². The van der Waals surface area contributed by atoms with Crippen LogP contribution in [0.3, 0.4) is 0 Å². The van der Waals surface area contributed by atoms with E-state index in [0.29, 0.717) is 11.3 Å². The van der Waals surface area contributed by atoms with Crippen molar-refractivity contribution in [3.63, 3.8) is 0 Å². The highest BCUT2D eigenvalue weighted by molar-refractivity contribution is 5.91. The van der Waals surface area contributed by atoms with Crippen LogP contribution < -0.4 is 14.9 Å². The summed E-state index contributed by atoms with van der Waals surface area (Å²) in [5.74, 6) is -1.02. The van der Waals surface area contributed by atoms with Crippen molar-refractivity contribution in [1.82, 2.24) is 0 Å². The van der Waals surface area contributed by atoms with Gasteiger partial charge in [0.2, 0.25) is 17.5 Å². The maximum atomic E-state index is 14.1. The Morgan fingerprint density at radius 3 is 2.19 bits per heavy atom. The molecule has 0 aliphatic carbocycles. The zero-order chi connectivity index (χ0) is 35.0. The van der Waals surface area contributed by atoms with Gasteiger partial charge in [-0.15, -0.1) is 0 Å². The molecule has 0 unspecified atom stereocenters. The Bertz CT molecular complexity index is 1680. The number of allylic oxidation sites excluding steroid dienone is 2. The number of fused-ring (bicyclic) bond motifs is 1. The average Bonchev–Trinajstić information content (AvgIpc) is 3.05. The molecule has 15 nitrogen and oxygen atoms in total. The van der Waals surface area contributed by atoms with E-state index in [4.69, 9.17) is 28.1 Å². The fourth-order valence-electron chi connectivity index (χ4n) is 5.65. The van der Waals surface area contributed by atoms with E-state index in [9.17, 15) is 45.6 Å². The van der Waals surface area contributed by atoms with Crippen molar-refractivity contribution in [1.29, 1.82) is 0 Å². The largest absolute Gasteiger partial charge is 0.507 e. The fraction of sp³-hybridized carbons (Fsp3) is 0.485. The molecular weight excluding hydrogens is 636 g/mol. The molecule has 48 heavy (non-hydrogen) atoms. The van der Waals surface area contributed by atoms with Crippen LogP contribution in [-0.4, -0.2) is 116 Å². The Morgan fingerprint density at radius 1 is 0.896 bits per heavy atom. The number of phenolic OH excluding ortho intramolecular Hbond substituents is 2. The summed E-state index contributed by atoms with van der Waals surface area (Å²) in [5, 5.41) is 83.5. The summed E-state index contributed by atoms with van der Waals surface area (Å²) in [7, 11) is 1.48. The molecule has 5 rings (SSSR count). The number of hydrogen-bond donors (Lipinski definition) is 8. The number of aromatic hydroxyl groups is 2. The van der Waals surface area contributed by atoms with Crippen molar-refractivity contribution in [2.45, 2.75) is 88.6 Å². The van der Waals surface area contributed by atoms with E-state index < -0.39 is 84.9 Å². The van der Waals surface area contributed by atoms with Gasteiger partial charge in [0.05, 0.1) is 19.8 Å². The molecule has 1 aromatic heterocycles. The molecule has 0 radical (unpaired) electrons. The average molecular weight is 677 g/mol. The van der Waals surface area contributed by atoms with Gasteiger partial charge in [-0.25, -0.2) is 0 Å². The lowest BCUT2D eigenvalue weighted by Gasteiger charge is -2.45. The first-order valence-electron chi connectivity index (χ1n) is 15.2. The molecule has 2 aromatic carbocycles. The highest BCUT2D eigenvalue weighted by Gasteiger charge is 2.50. The maximum Gasteiger partial charge on any atom is 0.239 e. The summed E-state index contributed by atoms with van der Waals surface area (Å²) in [5.41, 5.74) is 0.519. The van der Waals surface area contributed by atoms with E-state index in [2.05, 4.69) is 0 Å². The van der Waals surface area contributed by atoms with Crippen LogP contribution in [0.1, 0.15) is 26.3 Å². The molecule has 0 bridgehead atoms. The van der Waals surface area contributed by atoms with Crippen LogP contribution >= 0.6 is 0 Å². The van der Waals surface area contributed by atoms with Gasteiger partial charge in [0.15, 0.2) is 12.1 Å². The highest BCUT2D eigenvalue weighted by Crippen LogP contribution is 2.40. The molecule has 2 saturated heterocycles. The topological polar surface area (TPSA) is 238 Å². The Morgan fingerprint density at radius 2 is 1.56 bits per heavy atom. The minimum absolute atomic E-state index is 0.0975. The normalized spacial score (nSPS) is 30.6. The number of phenols is 2. The van der Waals surface area contributed by atoms with Gasteiger partial charge in [0.1, 0.15) is 70.9 Å². The first-order valence-corrected chi connectivity index (χ1v) is 15.2. The summed E-state index contributed by atoms with van der Waals surface area (Å²) in [6, 6.07) is 7.38. The minimum atomic E-state index is -1.88. The van der Waals surface area contributed by atoms with Gasteiger partial charge in [-0.05, 0) is 51.5 Å². The Labute approximate surface area is 274 Å². The number of rotatable bonds is 9. The number of benzene rings is 2. The predicted molar refractivity (Wildman–Crippen MR) is 167 cm³/mol. The zero-order valence-electron chi connectivity index (χ0n) is 26.6. The number of ether oxygens (including phenoxy) is 5. The lowest BCUT2D eigenvalue weighted by atomic mass is 9.97. The third kappa shape index (κ3) is 6.74. The summed E-state index contributed by atoms with van der Waals surface area (Å²) < 4.78 is 34.3. The van der Waals surface area contributed by atoms with Crippen molar-refractivity contribution in [2.75, 3.05) is 13.7 Å². The lowest BCUT2D eigenvalue weighted by Crippen LogP contribution is -2.64. The molecule has 3 aromatic rings. The molecule has 3 heterocycles.